The number of hydrogen-bond donors (Lipinski definition) is 0. The van der Waals surface area contributed by atoms with Crippen LogP contribution in [-0.2, 0) is 6.42 Å². The van der Waals surface area contributed by atoms with Gasteiger partial charge in [0.15, 0.2) is 0 Å². The molecule has 0 aromatic heterocycles. The van der Waals surface area contributed by atoms with Crippen LogP contribution in [0.25, 0.3) is 0 Å². The Bertz CT molecular complexity index is 334. The summed E-state index contributed by atoms with van der Waals surface area (Å²) in [6.45, 7) is 5.21. The molecule has 2 heteroatoms. The maximum Gasteiger partial charge on any atom is 0.124 e. The first-order valence-electron chi connectivity index (χ1n) is 6.62. The van der Waals surface area contributed by atoms with E-state index in [1.165, 1.54) is 24.1 Å². The highest BCUT2D eigenvalue weighted by Gasteiger charge is 2.05. The summed E-state index contributed by atoms with van der Waals surface area (Å²) < 4.78 is 5.89. The first kappa shape index (κ1) is 13.9. The monoisotopic (exact) mass is 235 g/mol. The third kappa shape index (κ3) is 4.29. The van der Waals surface area contributed by atoms with E-state index < -0.39 is 0 Å². The molecule has 0 fully saturated rings. The van der Waals surface area contributed by atoms with Crippen molar-refractivity contribution >= 4 is 5.69 Å². The van der Waals surface area contributed by atoms with E-state index in [4.69, 9.17) is 4.74 Å². The van der Waals surface area contributed by atoms with Crippen LogP contribution in [0.4, 0.5) is 5.69 Å². The molecule has 2 nitrogen and oxygen atoms in total. The predicted octanol–water partition coefficient (Wildman–Crippen LogP) is 3.88. The van der Waals surface area contributed by atoms with Crippen molar-refractivity contribution in [1.29, 1.82) is 0 Å². The molecule has 17 heavy (non-hydrogen) atoms. The summed E-state index contributed by atoms with van der Waals surface area (Å²) >= 11 is 0. The SMILES string of the molecule is CCCCCOc1cc(N(C)C)ccc1CC. The third-order valence-corrected chi connectivity index (χ3v) is 2.95. The zero-order valence-corrected chi connectivity index (χ0v) is 11.6. The zero-order chi connectivity index (χ0) is 12.7. The van der Waals surface area contributed by atoms with Crippen molar-refractivity contribution in [2.75, 3.05) is 25.6 Å². The number of ether oxygens (including phenoxy) is 1. The van der Waals surface area contributed by atoms with E-state index in [2.05, 4.69) is 51.0 Å². The molecule has 0 aliphatic heterocycles. The highest BCUT2D eigenvalue weighted by Crippen LogP contribution is 2.25. The van der Waals surface area contributed by atoms with Gasteiger partial charge in [-0.05, 0) is 24.5 Å². The summed E-state index contributed by atoms with van der Waals surface area (Å²) in [5.74, 6) is 1.05. The van der Waals surface area contributed by atoms with Crippen LogP contribution in [0, 0.1) is 0 Å². The number of unbranched alkanes of at least 4 members (excludes halogenated alkanes) is 2. The average Bonchev–Trinajstić information content (AvgIpc) is 2.34. The fraction of sp³-hybridized carbons (Fsp3) is 0.600. The van der Waals surface area contributed by atoms with E-state index in [9.17, 15) is 0 Å². The van der Waals surface area contributed by atoms with Gasteiger partial charge in [0, 0.05) is 25.8 Å². The van der Waals surface area contributed by atoms with Crippen molar-refractivity contribution in [2.24, 2.45) is 0 Å². The van der Waals surface area contributed by atoms with E-state index in [-0.39, 0.29) is 0 Å². The summed E-state index contributed by atoms with van der Waals surface area (Å²) in [5, 5.41) is 0. The number of anilines is 1. The van der Waals surface area contributed by atoms with Gasteiger partial charge in [-0.15, -0.1) is 0 Å². The van der Waals surface area contributed by atoms with Crippen LogP contribution in [0.3, 0.4) is 0 Å². The Morgan fingerprint density at radius 3 is 2.47 bits per heavy atom. The van der Waals surface area contributed by atoms with Gasteiger partial charge in [-0.2, -0.15) is 0 Å². The van der Waals surface area contributed by atoms with Crippen molar-refractivity contribution in [3.8, 4) is 5.75 Å². The molecule has 0 bridgehead atoms. The summed E-state index contributed by atoms with van der Waals surface area (Å²) in [5.41, 5.74) is 2.50. The molecule has 96 valence electrons. The predicted molar refractivity (Wildman–Crippen MR) is 75.2 cm³/mol. The summed E-state index contributed by atoms with van der Waals surface area (Å²) in [6.07, 6.45) is 4.65. The maximum absolute atomic E-state index is 5.89. The molecule has 1 aromatic rings. The Labute approximate surface area is 106 Å². The van der Waals surface area contributed by atoms with Crippen molar-refractivity contribution in [3.63, 3.8) is 0 Å². The second kappa shape index (κ2) is 7.21. The molecule has 1 rings (SSSR count). The molecule has 0 aliphatic carbocycles. The molecule has 0 atom stereocenters. The molecule has 1 aromatic carbocycles. The van der Waals surface area contributed by atoms with Gasteiger partial charge in [0.25, 0.3) is 0 Å². The van der Waals surface area contributed by atoms with Crippen LogP contribution in [0.5, 0.6) is 5.75 Å². The molecular formula is C15H25NO. The Morgan fingerprint density at radius 2 is 1.88 bits per heavy atom. The summed E-state index contributed by atoms with van der Waals surface area (Å²) in [6, 6.07) is 6.47. The summed E-state index contributed by atoms with van der Waals surface area (Å²) in [4.78, 5) is 2.11. The Balaban J connectivity index is 2.69. The van der Waals surface area contributed by atoms with Crippen molar-refractivity contribution < 1.29 is 4.74 Å². The summed E-state index contributed by atoms with van der Waals surface area (Å²) in [7, 11) is 4.11. The van der Waals surface area contributed by atoms with Crippen LogP contribution < -0.4 is 9.64 Å². The minimum absolute atomic E-state index is 0.831. The highest BCUT2D eigenvalue weighted by atomic mass is 16.5. The second-order valence-corrected chi connectivity index (χ2v) is 4.60. The van der Waals surface area contributed by atoms with Gasteiger partial charge in [-0.25, -0.2) is 0 Å². The second-order valence-electron chi connectivity index (χ2n) is 4.60. The van der Waals surface area contributed by atoms with Crippen molar-refractivity contribution in [1.82, 2.24) is 0 Å². The fourth-order valence-electron chi connectivity index (χ4n) is 1.78. The van der Waals surface area contributed by atoms with E-state index in [0.29, 0.717) is 0 Å². The molecule has 0 saturated carbocycles. The molecule has 0 aliphatic rings. The minimum Gasteiger partial charge on any atom is -0.493 e. The number of aryl methyl sites for hydroxylation is 1. The molecule has 0 radical (unpaired) electrons. The standard InChI is InChI=1S/C15H25NO/c1-5-7-8-11-17-15-12-14(16(3)4)10-9-13(15)6-2/h9-10,12H,5-8,11H2,1-4H3. The minimum atomic E-state index is 0.831. The molecule has 0 spiro atoms. The molecular weight excluding hydrogens is 210 g/mol. The van der Waals surface area contributed by atoms with Crippen molar-refractivity contribution in [2.45, 2.75) is 39.5 Å². The molecule has 0 N–H and O–H groups in total. The first-order chi connectivity index (χ1) is 8.19. The molecule has 0 saturated heterocycles. The molecule has 0 heterocycles. The maximum atomic E-state index is 5.89. The lowest BCUT2D eigenvalue weighted by Crippen LogP contribution is -2.09. The van der Waals surface area contributed by atoms with Gasteiger partial charge >= 0.3 is 0 Å². The van der Waals surface area contributed by atoms with Crippen LogP contribution in [0.15, 0.2) is 18.2 Å². The van der Waals surface area contributed by atoms with Crippen LogP contribution in [0.1, 0.15) is 38.7 Å². The largest absolute Gasteiger partial charge is 0.493 e. The quantitative estimate of drug-likeness (QED) is 0.665. The lowest BCUT2D eigenvalue weighted by molar-refractivity contribution is 0.303. The van der Waals surface area contributed by atoms with Gasteiger partial charge in [-0.3, -0.25) is 0 Å². The number of benzene rings is 1. The number of nitrogens with zero attached hydrogens (tertiary/aromatic N) is 1. The fourth-order valence-corrected chi connectivity index (χ4v) is 1.78. The number of rotatable bonds is 7. The van der Waals surface area contributed by atoms with E-state index in [0.717, 1.165) is 25.2 Å². The van der Waals surface area contributed by atoms with Gasteiger partial charge < -0.3 is 9.64 Å². The first-order valence-corrected chi connectivity index (χ1v) is 6.62. The molecule has 0 unspecified atom stereocenters. The Hall–Kier alpha value is -1.18. The Morgan fingerprint density at radius 1 is 1.12 bits per heavy atom. The molecule has 0 amide bonds. The highest BCUT2D eigenvalue weighted by molar-refractivity contribution is 5.52. The lowest BCUT2D eigenvalue weighted by atomic mass is 10.1. The van der Waals surface area contributed by atoms with Gasteiger partial charge in [-0.1, -0.05) is 32.8 Å². The van der Waals surface area contributed by atoms with Crippen LogP contribution in [0.2, 0.25) is 0 Å². The van der Waals surface area contributed by atoms with Crippen molar-refractivity contribution in [3.05, 3.63) is 23.8 Å². The van der Waals surface area contributed by atoms with Gasteiger partial charge in [0.2, 0.25) is 0 Å². The average molecular weight is 235 g/mol. The van der Waals surface area contributed by atoms with Gasteiger partial charge in [0.1, 0.15) is 5.75 Å². The zero-order valence-electron chi connectivity index (χ0n) is 11.6. The van der Waals surface area contributed by atoms with E-state index in [1.54, 1.807) is 0 Å². The van der Waals surface area contributed by atoms with E-state index >= 15 is 0 Å². The van der Waals surface area contributed by atoms with E-state index in [1.807, 2.05) is 0 Å². The van der Waals surface area contributed by atoms with Gasteiger partial charge in [0.05, 0.1) is 6.61 Å². The smallest absolute Gasteiger partial charge is 0.124 e. The third-order valence-electron chi connectivity index (χ3n) is 2.95. The Kier molecular flexibility index (Phi) is 5.88. The van der Waals surface area contributed by atoms with Crippen LogP contribution >= 0.6 is 0 Å². The normalized spacial score (nSPS) is 10.4. The topological polar surface area (TPSA) is 12.5 Å². The number of hydrogen-bond acceptors (Lipinski definition) is 2. The van der Waals surface area contributed by atoms with Crippen LogP contribution in [-0.4, -0.2) is 20.7 Å². The lowest BCUT2D eigenvalue weighted by Gasteiger charge is -2.16.